The minimum atomic E-state index is -0.893. The van der Waals surface area contributed by atoms with E-state index in [1.165, 1.54) is 4.90 Å². The van der Waals surface area contributed by atoms with Gasteiger partial charge in [0.25, 0.3) is 5.91 Å². The predicted octanol–water partition coefficient (Wildman–Crippen LogP) is 1.74. The van der Waals surface area contributed by atoms with E-state index in [1.54, 1.807) is 20.0 Å². The van der Waals surface area contributed by atoms with Gasteiger partial charge < -0.3 is 15.2 Å². The molecule has 0 bridgehead atoms. The number of rotatable bonds is 7. The Morgan fingerprint density at radius 2 is 1.96 bits per heavy atom. The first-order valence-electron chi connectivity index (χ1n) is 9.25. The summed E-state index contributed by atoms with van der Waals surface area (Å²) in [6.07, 6.45) is 4.11. The highest BCUT2D eigenvalue weighted by atomic mass is 16.2. The summed E-state index contributed by atoms with van der Waals surface area (Å²) in [4.78, 5) is 42.2. The Morgan fingerprint density at radius 3 is 2.54 bits per heavy atom. The van der Waals surface area contributed by atoms with Crippen molar-refractivity contribution in [2.45, 2.75) is 38.3 Å². The lowest BCUT2D eigenvalue weighted by Gasteiger charge is -2.20. The Labute approximate surface area is 163 Å². The second-order valence-electron chi connectivity index (χ2n) is 7.42. The molecule has 2 aromatic rings. The van der Waals surface area contributed by atoms with Gasteiger partial charge in [-0.1, -0.05) is 30.3 Å². The number of imide groups is 1. The van der Waals surface area contributed by atoms with Gasteiger partial charge in [0.15, 0.2) is 0 Å². The maximum atomic E-state index is 12.5. The molecule has 0 aliphatic carbocycles. The Balaban J connectivity index is 1.61. The standard InChI is InChI=1S/C20H25N5O3/c1-20(2)18(27)25(19(28)23-20)12-7-10-15(26)22-16(14-8-5-4-6-9-14)17-21-11-13-24(17)3/h4-6,8-9,11,13,16H,7,10,12H2,1-3H3,(H,22,26)(H,23,28)/t16-/m1/s1. The molecule has 148 valence electrons. The Morgan fingerprint density at radius 1 is 1.25 bits per heavy atom. The summed E-state index contributed by atoms with van der Waals surface area (Å²) in [5.41, 5.74) is 0.0386. The molecular formula is C20H25N5O3. The largest absolute Gasteiger partial charge is 0.342 e. The molecule has 1 saturated heterocycles. The van der Waals surface area contributed by atoms with Gasteiger partial charge in [-0.15, -0.1) is 0 Å². The zero-order valence-electron chi connectivity index (χ0n) is 16.3. The minimum Gasteiger partial charge on any atom is -0.342 e. The predicted molar refractivity (Wildman–Crippen MR) is 103 cm³/mol. The van der Waals surface area contributed by atoms with Crippen molar-refractivity contribution in [3.05, 3.63) is 54.1 Å². The van der Waals surface area contributed by atoms with E-state index in [9.17, 15) is 14.4 Å². The molecule has 1 aliphatic rings. The van der Waals surface area contributed by atoms with Crippen molar-refractivity contribution in [1.29, 1.82) is 0 Å². The van der Waals surface area contributed by atoms with Crippen LogP contribution in [0.1, 0.15) is 44.1 Å². The fourth-order valence-corrected chi connectivity index (χ4v) is 3.25. The molecule has 0 radical (unpaired) electrons. The van der Waals surface area contributed by atoms with Crippen LogP contribution in [0.4, 0.5) is 4.79 Å². The fraction of sp³-hybridized carbons (Fsp3) is 0.400. The van der Waals surface area contributed by atoms with E-state index in [-0.39, 0.29) is 30.8 Å². The van der Waals surface area contributed by atoms with E-state index >= 15 is 0 Å². The number of benzene rings is 1. The van der Waals surface area contributed by atoms with Crippen LogP contribution in [-0.2, 0) is 16.6 Å². The highest BCUT2D eigenvalue weighted by Gasteiger charge is 2.43. The molecule has 1 aromatic heterocycles. The lowest BCUT2D eigenvalue weighted by molar-refractivity contribution is -0.130. The number of carbonyl (C=O) groups is 3. The van der Waals surface area contributed by atoms with Gasteiger partial charge in [-0.05, 0) is 25.8 Å². The molecule has 8 nitrogen and oxygen atoms in total. The van der Waals surface area contributed by atoms with Crippen molar-refractivity contribution in [3.63, 3.8) is 0 Å². The van der Waals surface area contributed by atoms with Gasteiger partial charge in [0.1, 0.15) is 17.4 Å². The minimum absolute atomic E-state index is 0.164. The molecule has 0 saturated carbocycles. The monoisotopic (exact) mass is 383 g/mol. The summed E-state index contributed by atoms with van der Waals surface area (Å²) in [5.74, 6) is 0.298. The molecule has 4 amide bonds. The maximum absolute atomic E-state index is 12.5. The molecule has 1 aromatic carbocycles. The summed E-state index contributed by atoms with van der Waals surface area (Å²) in [5, 5.41) is 5.65. The molecule has 1 aliphatic heterocycles. The third-order valence-electron chi connectivity index (χ3n) is 4.78. The number of carbonyl (C=O) groups excluding carboxylic acids is 3. The number of aryl methyl sites for hydroxylation is 1. The lowest BCUT2D eigenvalue weighted by Crippen LogP contribution is -2.40. The van der Waals surface area contributed by atoms with E-state index in [4.69, 9.17) is 0 Å². The first-order chi connectivity index (χ1) is 13.3. The summed E-state index contributed by atoms with van der Waals surface area (Å²) >= 11 is 0. The number of urea groups is 1. The van der Waals surface area contributed by atoms with E-state index in [0.29, 0.717) is 6.42 Å². The molecular weight excluding hydrogens is 358 g/mol. The molecule has 28 heavy (non-hydrogen) atoms. The lowest BCUT2D eigenvalue weighted by atomic mass is 10.1. The Kier molecular flexibility index (Phi) is 5.48. The third-order valence-corrected chi connectivity index (χ3v) is 4.78. The quantitative estimate of drug-likeness (QED) is 0.712. The molecule has 2 N–H and O–H groups in total. The number of nitrogens with one attached hydrogen (secondary N) is 2. The number of hydrogen-bond donors (Lipinski definition) is 2. The van der Waals surface area contributed by atoms with E-state index in [2.05, 4.69) is 15.6 Å². The van der Waals surface area contributed by atoms with Crippen molar-refractivity contribution in [2.75, 3.05) is 6.54 Å². The number of amides is 4. The number of imidazole rings is 1. The zero-order chi connectivity index (χ0) is 20.3. The van der Waals surface area contributed by atoms with Gasteiger partial charge in [0.2, 0.25) is 5.91 Å². The fourth-order valence-electron chi connectivity index (χ4n) is 3.25. The first-order valence-corrected chi connectivity index (χ1v) is 9.25. The van der Waals surface area contributed by atoms with Crippen molar-refractivity contribution in [1.82, 2.24) is 25.1 Å². The van der Waals surface area contributed by atoms with Crippen molar-refractivity contribution >= 4 is 17.8 Å². The van der Waals surface area contributed by atoms with Gasteiger partial charge in [-0.3, -0.25) is 14.5 Å². The third kappa shape index (κ3) is 4.05. The van der Waals surface area contributed by atoms with Gasteiger partial charge in [0.05, 0.1) is 0 Å². The van der Waals surface area contributed by atoms with E-state index < -0.39 is 11.6 Å². The average molecular weight is 383 g/mol. The average Bonchev–Trinajstić information content (AvgIpc) is 3.16. The first kappa shape index (κ1) is 19.6. The number of nitrogens with zero attached hydrogens (tertiary/aromatic N) is 3. The molecule has 0 spiro atoms. The van der Waals surface area contributed by atoms with Crippen LogP contribution in [0, 0.1) is 0 Å². The normalized spacial score (nSPS) is 16.8. The molecule has 2 heterocycles. The van der Waals surface area contributed by atoms with Crippen LogP contribution in [0.3, 0.4) is 0 Å². The second-order valence-corrected chi connectivity index (χ2v) is 7.42. The van der Waals surface area contributed by atoms with Gasteiger partial charge in [-0.25, -0.2) is 9.78 Å². The number of aromatic nitrogens is 2. The zero-order valence-corrected chi connectivity index (χ0v) is 16.3. The van der Waals surface area contributed by atoms with E-state index in [0.717, 1.165) is 11.4 Å². The highest BCUT2D eigenvalue weighted by Crippen LogP contribution is 2.21. The van der Waals surface area contributed by atoms with Crippen molar-refractivity contribution < 1.29 is 14.4 Å². The van der Waals surface area contributed by atoms with Crippen LogP contribution in [-0.4, -0.2) is 44.4 Å². The van der Waals surface area contributed by atoms with Crippen LogP contribution in [0.15, 0.2) is 42.7 Å². The van der Waals surface area contributed by atoms with Gasteiger partial charge in [0, 0.05) is 32.4 Å². The summed E-state index contributed by atoms with van der Waals surface area (Å²) < 4.78 is 1.87. The van der Waals surface area contributed by atoms with E-state index in [1.807, 2.05) is 48.1 Å². The Hall–Kier alpha value is -3.16. The molecule has 3 rings (SSSR count). The summed E-state index contributed by atoms with van der Waals surface area (Å²) in [7, 11) is 1.88. The molecule has 8 heteroatoms. The van der Waals surface area contributed by atoms with Crippen molar-refractivity contribution in [3.8, 4) is 0 Å². The maximum Gasteiger partial charge on any atom is 0.325 e. The van der Waals surface area contributed by atoms with Crippen LogP contribution in [0.2, 0.25) is 0 Å². The SMILES string of the molecule is Cn1ccnc1[C@H](NC(=O)CCCN1C(=O)NC(C)(C)C1=O)c1ccccc1. The van der Waals surface area contributed by atoms with Crippen LogP contribution in [0.5, 0.6) is 0 Å². The Bertz CT molecular complexity index is 875. The topological polar surface area (TPSA) is 96.3 Å². The summed E-state index contributed by atoms with van der Waals surface area (Å²) in [6.45, 7) is 3.54. The highest BCUT2D eigenvalue weighted by molar-refractivity contribution is 6.06. The van der Waals surface area contributed by atoms with Gasteiger partial charge in [-0.2, -0.15) is 0 Å². The van der Waals surface area contributed by atoms with Gasteiger partial charge >= 0.3 is 6.03 Å². The van der Waals surface area contributed by atoms with Crippen molar-refractivity contribution in [2.24, 2.45) is 7.05 Å². The molecule has 0 unspecified atom stereocenters. The smallest absolute Gasteiger partial charge is 0.325 e. The summed E-state index contributed by atoms with van der Waals surface area (Å²) in [6, 6.07) is 8.84. The van der Waals surface area contributed by atoms with Crippen LogP contribution < -0.4 is 10.6 Å². The van der Waals surface area contributed by atoms with Crippen LogP contribution >= 0.6 is 0 Å². The molecule has 1 atom stereocenters. The second kappa shape index (κ2) is 7.84. The molecule has 1 fully saturated rings. The number of hydrogen-bond acceptors (Lipinski definition) is 4. The van der Waals surface area contributed by atoms with Crippen LogP contribution in [0.25, 0.3) is 0 Å².